The lowest BCUT2D eigenvalue weighted by atomic mass is 9.63. The molecule has 0 spiro atoms. The molecule has 0 bridgehead atoms. The van der Waals surface area contributed by atoms with E-state index in [9.17, 15) is 14.7 Å². The third-order valence-electron chi connectivity index (χ3n) is 6.10. The fraction of sp³-hybridized carbons (Fsp3) is 0.391. The summed E-state index contributed by atoms with van der Waals surface area (Å²) in [4.78, 5) is 23.7. The minimum Gasteiger partial charge on any atom is -0.478 e. The van der Waals surface area contributed by atoms with Crippen molar-refractivity contribution in [1.29, 1.82) is 0 Å². The number of hydrogen-bond acceptors (Lipinski definition) is 3. The number of rotatable bonds is 2. The lowest BCUT2D eigenvalue weighted by Gasteiger charge is -2.42. The first kappa shape index (κ1) is 17.8. The second-order valence-electron chi connectivity index (χ2n) is 8.94. The Morgan fingerprint density at radius 3 is 2.41 bits per heavy atom. The van der Waals surface area contributed by atoms with Crippen LogP contribution in [0.2, 0.25) is 0 Å². The summed E-state index contributed by atoms with van der Waals surface area (Å²) in [5, 5.41) is 10.2. The zero-order valence-electron chi connectivity index (χ0n) is 16.2. The molecule has 140 valence electrons. The molecule has 0 unspecified atom stereocenters. The highest BCUT2D eigenvalue weighted by molar-refractivity contribution is 6.11. The van der Waals surface area contributed by atoms with Crippen LogP contribution < -0.4 is 10.6 Å². The maximum Gasteiger partial charge on any atom is 0.340 e. The van der Waals surface area contributed by atoms with Crippen molar-refractivity contribution in [2.75, 3.05) is 0 Å². The van der Waals surface area contributed by atoms with Crippen LogP contribution >= 0.6 is 0 Å². The molecule has 0 saturated heterocycles. The maximum atomic E-state index is 11.9. The summed E-state index contributed by atoms with van der Waals surface area (Å²) in [7, 11) is 0. The van der Waals surface area contributed by atoms with E-state index in [1.165, 1.54) is 17.2 Å². The average molecular weight is 364 g/mol. The summed E-state index contributed by atoms with van der Waals surface area (Å²) < 4.78 is 5.92. The molecule has 2 aromatic rings. The minimum absolute atomic E-state index is 0.0185. The number of aromatic carboxylic acids is 1. The Bertz CT molecular complexity index is 1100. The van der Waals surface area contributed by atoms with Gasteiger partial charge in [-0.2, -0.15) is 0 Å². The summed E-state index contributed by atoms with van der Waals surface area (Å²) >= 11 is 0. The number of carbonyl (C=O) groups is 2. The van der Waals surface area contributed by atoms with Crippen LogP contribution in [0.5, 0.6) is 0 Å². The number of Topliss-reactive ketones (excluding diaryl/α,β-unsaturated/α-hetero) is 1. The zero-order valence-corrected chi connectivity index (χ0v) is 16.2. The van der Waals surface area contributed by atoms with Crippen LogP contribution in [-0.4, -0.2) is 16.9 Å². The van der Waals surface area contributed by atoms with Gasteiger partial charge in [-0.25, -0.2) is 4.79 Å². The van der Waals surface area contributed by atoms with Crippen LogP contribution in [-0.2, 0) is 15.6 Å². The second-order valence-corrected chi connectivity index (χ2v) is 8.94. The second kappa shape index (κ2) is 5.69. The monoisotopic (exact) mass is 364 g/mol. The van der Waals surface area contributed by atoms with Crippen molar-refractivity contribution in [2.45, 2.75) is 57.8 Å². The molecule has 1 heterocycles. The first-order valence-electron chi connectivity index (χ1n) is 9.36. The number of hydrogen-bond donors (Lipinski definition) is 1. The van der Waals surface area contributed by atoms with Crippen molar-refractivity contribution in [3.63, 3.8) is 0 Å². The van der Waals surface area contributed by atoms with E-state index in [0.29, 0.717) is 16.4 Å². The van der Waals surface area contributed by atoms with Crippen LogP contribution in [0.3, 0.4) is 0 Å². The Kier molecular flexibility index (Phi) is 3.74. The third-order valence-corrected chi connectivity index (χ3v) is 6.10. The minimum atomic E-state index is -1.08. The van der Waals surface area contributed by atoms with E-state index >= 15 is 0 Å². The number of fused-ring (bicyclic) bond motifs is 2. The van der Waals surface area contributed by atoms with Crippen molar-refractivity contribution in [3.8, 4) is 11.3 Å². The maximum absolute atomic E-state index is 11.9. The van der Waals surface area contributed by atoms with E-state index in [1.807, 2.05) is 6.07 Å². The van der Waals surface area contributed by atoms with Gasteiger partial charge in [0.15, 0.2) is 5.78 Å². The predicted octanol–water partition coefficient (Wildman–Crippen LogP) is 3.53. The molecule has 0 fully saturated rings. The first-order valence-corrected chi connectivity index (χ1v) is 9.36. The van der Waals surface area contributed by atoms with Gasteiger partial charge in [-0.05, 0) is 53.0 Å². The highest BCUT2D eigenvalue weighted by Crippen LogP contribution is 2.46. The average Bonchev–Trinajstić information content (AvgIpc) is 2.97. The van der Waals surface area contributed by atoms with Crippen LogP contribution in [0, 0.1) is 0 Å². The third kappa shape index (κ3) is 2.75. The van der Waals surface area contributed by atoms with Crippen LogP contribution in [0.1, 0.15) is 68.4 Å². The van der Waals surface area contributed by atoms with E-state index in [4.69, 9.17) is 4.42 Å². The van der Waals surface area contributed by atoms with E-state index in [-0.39, 0.29) is 28.6 Å². The van der Waals surface area contributed by atoms with Gasteiger partial charge in [0.2, 0.25) is 0 Å². The Morgan fingerprint density at radius 2 is 1.74 bits per heavy atom. The topological polar surface area (TPSA) is 67.5 Å². The van der Waals surface area contributed by atoms with E-state index < -0.39 is 5.97 Å². The number of carboxylic acids is 1. The Labute approximate surface area is 158 Å². The van der Waals surface area contributed by atoms with Crippen molar-refractivity contribution >= 4 is 23.9 Å². The molecule has 4 heteroatoms. The van der Waals surface area contributed by atoms with Gasteiger partial charge in [0.05, 0.1) is 0 Å². The lowest BCUT2D eigenvalue weighted by Crippen LogP contribution is -2.33. The summed E-state index contributed by atoms with van der Waals surface area (Å²) in [6.07, 6.45) is 5.49. The van der Waals surface area contributed by atoms with E-state index in [0.717, 1.165) is 18.4 Å². The molecule has 2 aliphatic rings. The van der Waals surface area contributed by atoms with Crippen molar-refractivity contribution in [3.05, 3.63) is 45.5 Å². The molecule has 0 atom stereocenters. The standard InChI is InChI=1S/C23H24O4/c1-22(2)9-10-23(3,4)17-11-13(5-7-16(17)22)20-19(21(25)26)15-12-14(24)6-8-18(15)27-20/h5,7-8,11-12H,6,9-10H2,1-4H3,(H,25,26). The lowest BCUT2D eigenvalue weighted by molar-refractivity contribution is -0.112. The predicted molar refractivity (Wildman–Crippen MR) is 104 cm³/mol. The summed E-state index contributed by atoms with van der Waals surface area (Å²) in [6.45, 7) is 8.97. The smallest absolute Gasteiger partial charge is 0.340 e. The van der Waals surface area contributed by atoms with Crippen molar-refractivity contribution in [2.24, 2.45) is 0 Å². The molecule has 1 aromatic heterocycles. The Morgan fingerprint density at radius 1 is 1.07 bits per heavy atom. The molecule has 1 N–H and O–H groups in total. The van der Waals surface area contributed by atoms with Gasteiger partial charge in [0.1, 0.15) is 16.7 Å². The number of carbonyl (C=O) groups excluding carboxylic acids is 1. The molecule has 27 heavy (non-hydrogen) atoms. The molecular weight excluding hydrogens is 340 g/mol. The van der Waals surface area contributed by atoms with E-state index in [1.54, 1.807) is 6.08 Å². The van der Waals surface area contributed by atoms with Gasteiger partial charge in [0, 0.05) is 17.2 Å². The highest BCUT2D eigenvalue weighted by Gasteiger charge is 2.37. The number of furan rings is 1. The zero-order chi connectivity index (χ0) is 19.6. The summed E-state index contributed by atoms with van der Waals surface area (Å²) in [6, 6.07) is 6.13. The molecule has 4 rings (SSSR count). The Hall–Kier alpha value is -2.62. The van der Waals surface area contributed by atoms with Gasteiger partial charge in [-0.15, -0.1) is 0 Å². The van der Waals surface area contributed by atoms with Gasteiger partial charge in [-0.1, -0.05) is 39.8 Å². The number of carboxylic acid groups (broad SMARTS) is 1. The molecule has 0 radical (unpaired) electrons. The van der Waals surface area contributed by atoms with Crippen LogP contribution in [0.25, 0.3) is 23.5 Å². The fourth-order valence-electron chi connectivity index (χ4n) is 4.32. The number of ketones is 1. The highest BCUT2D eigenvalue weighted by atomic mass is 16.4. The fourth-order valence-corrected chi connectivity index (χ4v) is 4.32. The molecule has 2 aliphatic carbocycles. The van der Waals surface area contributed by atoms with Crippen LogP contribution in [0.15, 0.2) is 22.6 Å². The number of benzene rings is 1. The quantitative estimate of drug-likeness (QED) is 0.885. The van der Waals surface area contributed by atoms with Gasteiger partial charge in [0.25, 0.3) is 0 Å². The largest absolute Gasteiger partial charge is 0.478 e. The summed E-state index contributed by atoms with van der Waals surface area (Å²) in [5.74, 6) is -0.853. The van der Waals surface area contributed by atoms with Gasteiger partial charge >= 0.3 is 5.97 Å². The molecule has 0 aliphatic heterocycles. The van der Waals surface area contributed by atoms with Gasteiger partial charge in [-0.3, -0.25) is 4.79 Å². The molecule has 1 aromatic carbocycles. The van der Waals surface area contributed by atoms with Gasteiger partial charge < -0.3 is 9.52 Å². The molecular formula is C23H24O4. The van der Waals surface area contributed by atoms with Crippen molar-refractivity contribution < 1.29 is 19.1 Å². The first-order chi connectivity index (χ1) is 12.6. The van der Waals surface area contributed by atoms with E-state index in [2.05, 4.69) is 39.8 Å². The molecule has 0 saturated carbocycles. The normalized spacial score (nSPS) is 19.5. The SMILES string of the molecule is CC1(C)CCC(C)(C)c2cc(-c3oc4c(c3C(=O)O)=CC(=O)CC=4)ccc21. The Balaban J connectivity index is 1.99. The van der Waals surface area contributed by atoms with Crippen molar-refractivity contribution in [1.82, 2.24) is 0 Å². The molecule has 4 nitrogen and oxygen atoms in total. The summed E-state index contributed by atoms with van der Waals surface area (Å²) in [5.41, 5.74) is 3.96. The van der Waals surface area contributed by atoms with Crippen LogP contribution in [0.4, 0.5) is 0 Å². The molecule has 0 amide bonds.